The van der Waals surface area contributed by atoms with Crippen LogP contribution in [0, 0.1) is 5.92 Å². The van der Waals surface area contributed by atoms with Crippen LogP contribution in [-0.4, -0.2) is 35.7 Å². The van der Waals surface area contributed by atoms with Gasteiger partial charge in [0.1, 0.15) is 5.65 Å². The van der Waals surface area contributed by atoms with Gasteiger partial charge in [-0.15, -0.1) is 0 Å². The number of aromatic amines is 1. The molecule has 0 radical (unpaired) electrons. The van der Waals surface area contributed by atoms with Gasteiger partial charge in [0.15, 0.2) is 0 Å². The summed E-state index contributed by atoms with van der Waals surface area (Å²) in [5.74, 6) is 1.56. The molecular weight excluding hydrogens is 244 g/mol. The molecule has 2 aromatic rings. The third-order valence-corrected chi connectivity index (χ3v) is 3.73. The molecule has 1 unspecified atom stereocenters. The Morgan fingerprint density at radius 2 is 2.16 bits per heavy atom. The SMILES string of the molecule is COc1nc(OC)c2c(C(CN)C3CC3)c[nH]c2n1. The number of nitrogens with two attached hydrogens (primary N) is 1. The van der Waals surface area contributed by atoms with Gasteiger partial charge in [-0.05, 0) is 30.9 Å². The van der Waals surface area contributed by atoms with E-state index in [0.717, 1.165) is 16.6 Å². The zero-order chi connectivity index (χ0) is 13.4. The van der Waals surface area contributed by atoms with Gasteiger partial charge in [0.2, 0.25) is 5.88 Å². The molecule has 6 heteroatoms. The van der Waals surface area contributed by atoms with Crippen molar-refractivity contribution in [3.05, 3.63) is 11.8 Å². The first-order valence-electron chi connectivity index (χ1n) is 6.45. The molecule has 2 heterocycles. The van der Waals surface area contributed by atoms with Crippen molar-refractivity contribution < 1.29 is 9.47 Å². The van der Waals surface area contributed by atoms with Crippen molar-refractivity contribution in [1.82, 2.24) is 15.0 Å². The predicted octanol–water partition coefficient (Wildman–Crippen LogP) is 1.43. The number of nitrogens with zero attached hydrogens (tertiary/aromatic N) is 2. The molecule has 19 heavy (non-hydrogen) atoms. The van der Waals surface area contributed by atoms with E-state index in [1.807, 2.05) is 6.20 Å². The van der Waals surface area contributed by atoms with Crippen LogP contribution in [0.3, 0.4) is 0 Å². The summed E-state index contributed by atoms with van der Waals surface area (Å²) in [7, 11) is 3.14. The van der Waals surface area contributed by atoms with E-state index in [2.05, 4.69) is 15.0 Å². The van der Waals surface area contributed by atoms with Gasteiger partial charge in [0, 0.05) is 12.1 Å². The third kappa shape index (κ3) is 2.02. The Balaban J connectivity index is 2.15. The van der Waals surface area contributed by atoms with E-state index in [-0.39, 0.29) is 0 Å². The molecule has 1 atom stereocenters. The summed E-state index contributed by atoms with van der Waals surface area (Å²) in [6.45, 7) is 0.632. The molecule has 102 valence electrons. The maximum atomic E-state index is 5.92. The molecule has 6 nitrogen and oxygen atoms in total. The van der Waals surface area contributed by atoms with Crippen LogP contribution in [0.4, 0.5) is 0 Å². The lowest BCUT2D eigenvalue weighted by Crippen LogP contribution is -2.14. The van der Waals surface area contributed by atoms with Crippen LogP contribution in [0.2, 0.25) is 0 Å². The second kappa shape index (κ2) is 4.70. The van der Waals surface area contributed by atoms with Gasteiger partial charge in [0.05, 0.1) is 19.6 Å². The Morgan fingerprint density at radius 3 is 2.74 bits per heavy atom. The van der Waals surface area contributed by atoms with E-state index < -0.39 is 0 Å². The Labute approximate surface area is 111 Å². The lowest BCUT2D eigenvalue weighted by molar-refractivity contribution is 0.356. The first-order chi connectivity index (χ1) is 9.28. The van der Waals surface area contributed by atoms with Crippen LogP contribution < -0.4 is 15.2 Å². The van der Waals surface area contributed by atoms with E-state index >= 15 is 0 Å². The highest BCUT2D eigenvalue weighted by atomic mass is 16.5. The number of aromatic nitrogens is 3. The molecule has 1 fully saturated rings. The molecule has 0 aromatic carbocycles. The van der Waals surface area contributed by atoms with Gasteiger partial charge in [-0.3, -0.25) is 0 Å². The van der Waals surface area contributed by atoms with E-state index in [1.165, 1.54) is 20.0 Å². The first-order valence-corrected chi connectivity index (χ1v) is 6.45. The van der Waals surface area contributed by atoms with Crippen LogP contribution in [0.25, 0.3) is 11.0 Å². The molecule has 0 amide bonds. The van der Waals surface area contributed by atoms with E-state index in [1.54, 1.807) is 7.11 Å². The normalized spacial score (nSPS) is 16.6. The van der Waals surface area contributed by atoms with Crippen molar-refractivity contribution in [2.24, 2.45) is 11.7 Å². The van der Waals surface area contributed by atoms with Crippen molar-refractivity contribution in [2.75, 3.05) is 20.8 Å². The van der Waals surface area contributed by atoms with E-state index in [4.69, 9.17) is 15.2 Å². The summed E-state index contributed by atoms with van der Waals surface area (Å²) in [6.07, 6.45) is 4.46. The summed E-state index contributed by atoms with van der Waals surface area (Å²) in [5.41, 5.74) is 7.81. The fraction of sp³-hybridized carbons (Fsp3) is 0.538. The molecule has 1 aliphatic rings. The second-order valence-electron chi connectivity index (χ2n) is 4.87. The molecule has 0 saturated heterocycles. The van der Waals surface area contributed by atoms with Crippen molar-refractivity contribution in [2.45, 2.75) is 18.8 Å². The highest BCUT2D eigenvalue weighted by molar-refractivity contribution is 5.86. The monoisotopic (exact) mass is 262 g/mol. The van der Waals surface area contributed by atoms with Crippen molar-refractivity contribution >= 4 is 11.0 Å². The van der Waals surface area contributed by atoms with Gasteiger partial charge >= 0.3 is 6.01 Å². The van der Waals surface area contributed by atoms with Gasteiger partial charge in [-0.2, -0.15) is 9.97 Å². The molecule has 0 spiro atoms. The minimum absolute atomic E-state index is 0.300. The fourth-order valence-corrected chi connectivity index (χ4v) is 2.61. The molecule has 0 bridgehead atoms. The summed E-state index contributed by atoms with van der Waals surface area (Å²) in [5, 5.41) is 0.922. The Bertz CT molecular complexity index is 592. The van der Waals surface area contributed by atoms with Crippen LogP contribution in [0.5, 0.6) is 11.9 Å². The standard InChI is InChI=1S/C13H18N4O2/c1-18-12-10-9(8(5-14)7-3-4-7)6-15-11(10)16-13(17-12)19-2/h6-8H,3-5,14H2,1-2H3,(H,15,16,17). The lowest BCUT2D eigenvalue weighted by atomic mass is 9.95. The molecule has 1 saturated carbocycles. The second-order valence-corrected chi connectivity index (χ2v) is 4.87. The molecular formula is C13H18N4O2. The maximum absolute atomic E-state index is 5.92. The van der Waals surface area contributed by atoms with Crippen LogP contribution in [0.1, 0.15) is 24.3 Å². The molecule has 3 rings (SSSR count). The number of H-pyrrole nitrogens is 1. The number of nitrogens with one attached hydrogen (secondary N) is 1. The molecule has 0 aliphatic heterocycles. The summed E-state index contributed by atoms with van der Waals surface area (Å²) >= 11 is 0. The maximum Gasteiger partial charge on any atom is 0.321 e. The minimum Gasteiger partial charge on any atom is -0.480 e. The van der Waals surface area contributed by atoms with Crippen molar-refractivity contribution in [3.63, 3.8) is 0 Å². The Kier molecular flexibility index (Phi) is 3.02. The van der Waals surface area contributed by atoms with Crippen molar-refractivity contribution in [3.8, 4) is 11.9 Å². The predicted molar refractivity (Wildman–Crippen MR) is 71.5 cm³/mol. The Hall–Kier alpha value is -1.82. The topological polar surface area (TPSA) is 86.0 Å². The van der Waals surface area contributed by atoms with Crippen LogP contribution in [-0.2, 0) is 0 Å². The smallest absolute Gasteiger partial charge is 0.321 e. The number of fused-ring (bicyclic) bond motifs is 1. The zero-order valence-corrected chi connectivity index (χ0v) is 11.1. The Morgan fingerprint density at radius 1 is 1.37 bits per heavy atom. The average molecular weight is 262 g/mol. The number of hydrogen-bond donors (Lipinski definition) is 2. The highest BCUT2D eigenvalue weighted by Crippen LogP contribution is 2.45. The molecule has 1 aliphatic carbocycles. The highest BCUT2D eigenvalue weighted by Gasteiger charge is 2.33. The largest absolute Gasteiger partial charge is 0.480 e. The average Bonchev–Trinajstić information content (AvgIpc) is 3.19. The first kappa shape index (κ1) is 12.2. The minimum atomic E-state index is 0.300. The fourth-order valence-electron chi connectivity index (χ4n) is 2.61. The quantitative estimate of drug-likeness (QED) is 0.851. The summed E-state index contributed by atoms with van der Waals surface area (Å²) in [6, 6.07) is 0.300. The van der Waals surface area contributed by atoms with Gasteiger partial charge in [-0.25, -0.2) is 0 Å². The molecule has 2 aromatic heterocycles. The summed E-state index contributed by atoms with van der Waals surface area (Å²) < 4.78 is 10.4. The summed E-state index contributed by atoms with van der Waals surface area (Å²) in [4.78, 5) is 11.7. The van der Waals surface area contributed by atoms with E-state index in [9.17, 15) is 0 Å². The van der Waals surface area contributed by atoms with Crippen LogP contribution in [0.15, 0.2) is 6.20 Å². The van der Waals surface area contributed by atoms with Gasteiger partial charge < -0.3 is 20.2 Å². The van der Waals surface area contributed by atoms with Gasteiger partial charge in [-0.1, -0.05) is 0 Å². The third-order valence-electron chi connectivity index (χ3n) is 3.73. The van der Waals surface area contributed by atoms with Crippen molar-refractivity contribution in [1.29, 1.82) is 0 Å². The number of methoxy groups -OCH3 is 2. The zero-order valence-electron chi connectivity index (χ0n) is 11.1. The number of hydrogen-bond acceptors (Lipinski definition) is 5. The lowest BCUT2D eigenvalue weighted by Gasteiger charge is -2.13. The molecule has 3 N–H and O–H groups in total. The van der Waals surface area contributed by atoms with Gasteiger partial charge in [0.25, 0.3) is 0 Å². The van der Waals surface area contributed by atoms with E-state index in [0.29, 0.717) is 30.3 Å². The van der Waals surface area contributed by atoms with Crippen LogP contribution >= 0.6 is 0 Å². The number of rotatable bonds is 5. The number of ether oxygens (including phenoxy) is 2.